The van der Waals surface area contributed by atoms with Gasteiger partial charge < -0.3 is 15.2 Å². The first-order chi connectivity index (χ1) is 16.2. The number of likely N-dealkylation sites (tertiary alicyclic amines) is 1. The molecule has 1 fully saturated rings. The van der Waals surface area contributed by atoms with Crippen molar-refractivity contribution in [1.82, 2.24) is 15.2 Å². The number of alkyl halides is 1. The fourth-order valence-corrected chi connectivity index (χ4v) is 4.96. The third-order valence-corrected chi connectivity index (χ3v) is 6.49. The summed E-state index contributed by atoms with van der Waals surface area (Å²) in [5, 5.41) is 14.2. The van der Waals surface area contributed by atoms with Gasteiger partial charge in [0.1, 0.15) is 23.6 Å². The Morgan fingerprint density at radius 1 is 1.24 bits per heavy atom. The SMILES string of the molecule is CC(C)(C)Oc1ccc([C@@H](O)[C@@H](CN2CC[C@@H](F)C2)NC(=O)CC2Cc3ccccc3C2)nc1. The van der Waals surface area contributed by atoms with E-state index in [4.69, 9.17) is 4.74 Å². The number of halogens is 1. The normalized spacial score (nSPS) is 20.7. The molecular weight excluding hydrogens is 433 g/mol. The zero-order valence-corrected chi connectivity index (χ0v) is 20.3. The van der Waals surface area contributed by atoms with Crippen molar-refractivity contribution < 1.29 is 19.0 Å². The first-order valence-corrected chi connectivity index (χ1v) is 12.2. The number of amides is 1. The van der Waals surface area contributed by atoms with E-state index in [0.29, 0.717) is 43.9 Å². The van der Waals surface area contributed by atoms with Crippen molar-refractivity contribution in [2.45, 2.75) is 70.4 Å². The number of nitrogens with zero attached hydrogens (tertiary/aromatic N) is 2. The lowest BCUT2D eigenvalue weighted by Crippen LogP contribution is -2.47. The molecule has 1 saturated heterocycles. The van der Waals surface area contributed by atoms with Crippen LogP contribution >= 0.6 is 0 Å². The average molecular weight is 470 g/mol. The number of aliphatic hydroxyl groups is 1. The molecule has 0 radical (unpaired) electrons. The number of carbonyl (C=O) groups excluding carboxylic acids is 1. The number of aromatic nitrogens is 1. The number of rotatable bonds is 8. The summed E-state index contributed by atoms with van der Waals surface area (Å²) in [4.78, 5) is 19.3. The summed E-state index contributed by atoms with van der Waals surface area (Å²) in [6.45, 7) is 7.18. The predicted octanol–water partition coefficient (Wildman–Crippen LogP) is 3.63. The van der Waals surface area contributed by atoms with Gasteiger partial charge in [0.05, 0.1) is 17.9 Å². The van der Waals surface area contributed by atoms with E-state index < -0.39 is 18.3 Å². The number of ether oxygens (including phenoxy) is 1. The lowest BCUT2D eigenvalue weighted by atomic mass is 10.0. The summed E-state index contributed by atoms with van der Waals surface area (Å²) in [7, 11) is 0. The van der Waals surface area contributed by atoms with Crippen LogP contribution in [0.2, 0.25) is 0 Å². The summed E-state index contributed by atoms with van der Waals surface area (Å²) >= 11 is 0. The molecule has 0 unspecified atom stereocenters. The van der Waals surface area contributed by atoms with Gasteiger partial charge in [0.15, 0.2) is 0 Å². The molecule has 4 rings (SSSR count). The summed E-state index contributed by atoms with van der Waals surface area (Å²) < 4.78 is 19.6. The fourth-order valence-electron chi connectivity index (χ4n) is 4.96. The maximum Gasteiger partial charge on any atom is 0.220 e. The molecule has 184 valence electrons. The molecule has 1 aliphatic heterocycles. The number of nitrogens with one attached hydrogen (secondary N) is 1. The van der Waals surface area contributed by atoms with Crippen LogP contribution in [0.3, 0.4) is 0 Å². The van der Waals surface area contributed by atoms with Crippen molar-refractivity contribution in [3.63, 3.8) is 0 Å². The molecule has 1 aliphatic carbocycles. The van der Waals surface area contributed by atoms with Gasteiger partial charge in [0.2, 0.25) is 5.91 Å². The predicted molar refractivity (Wildman–Crippen MR) is 129 cm³/mol. The van der Waals surface area contributed by atoms with E-state index in [1.165, 1.54) is 11.1 Å². The van der Waals surface area contributed by atoms with E-state index in [2.05, 4.69) is 22.4 Å². The molecule has 1 aromatic heterocycles. The topological polar surface area (TPSA) is 74.7 Å². The van der Waals surface area contributed by atoms with Crippen LogP contribution in [0.4, 0.5) is 4.39 Å². The third-order valence-electron chi connectivity index (χ3n) is 6.49. The van der Waals surface area contributed by atoms with Crippen molar-refractivity contribution >= 4 is 5.91 Å². The van der Waals surface area contributed by atoms with Crippen LogP contribution in [0.15, 0.2) is 42.6 Å². The number of carbonyl (C=O) groups is 1. The Balaban J connectivity index is 1.41. The largest absolute Gasteiger partial charge is 0.487 e. The number of pyridine rings is 1. The van der Waals surface area contributed by atoms with E-state index in [-0.39, 0.29) is 17.4 Å². The molecule has 1 aromatic carbocycles. The van der Waals surface area contributed by atoms with Crippen molar-refractivity contribution in [1.29, 1.82) is 0 Å². The first kappa shape index (κ1) is 24.6. The summed E-state index contributed by atoms with van der Waals surface area (Å²) in [6.07, 6.45) is 2.38. The molecule has 3 atom stereocenters. The minimum atomic E-state index is -1.01. The number of hydrogen-bond acceptors (Lipinski definition) is 5. The van der Waals surface area contributed by atoms with Crippen LogP contribution < -0.4 is 10.1 Å². The molecule has 2 N–H and O–H groups in total. The highest BCUT2D eigenvalue weighted by molar-refractivity contribution is 5.77. The zero-order chi connectivity index (χ0) is 24.3. The van der Waals surface area contributed by atoms with Crippen LogP contribution in [-0.2, 0) is 17.6 Å². The Hall–Kier alpha value is -2.51. The first-order valence-electron chi connectivity index (χ1n) is 12.2. The van der Waals surface area contributed by atoms with E-state index in [1.807, 2.05) is 37.8 Å². The molecule has 2 aromatic rings. The summed E-state index contributed by atoms with van der Waals surface area (Å²) in [5.41, 5.74) is 2.72. The number of aliphatic hydroxyl groups excluding tert-OH is 1. The van der Waals surface area contributed by atoms with Crippen molar-refractivity contribution in [3.05, 3.63) is 59.4 Å². The minimum absolute atomic E-state index is 0.0921. The Morgan fingerprint density at radius 2 is 1.94 bits per heavy atom. The van der Waals surface area contributed by atoms with E-state index >= 15 is 0 Å². The van der Waals surface area contributed by atoms with Gasteiger partial charge in [-0.05, 0) is 69.2 Å². The standard InChI is InChI=1S/C27H36FN3O3/c1-27(2,3)34-22-8-9-23(29-15-22)26(33)24(17-31-11-10-21(28)16-31)30-25(32)14-18-12-19-6-4-5-7-20(19)13-18/h4-9,15,18,21,24,26,33H,10-14,16-17H2,1-3H3,(H,30,32)/t21-,24-,26-/m1/s1. The highest BCUT2D eigenvalue weighted by Gasteiger charge is 2.31. The van der Waals surface area contributed by atoms with Crippen LogP contribution in [0.1, 0.15) is 56.5 Å². The maximum atomic E-state index is 13.8. The zero-order valence-electron chi connectivity index (χ0n) is 20.3. The van der Waals surface area contributed by atoms with Crippen molar-refractivity contribution in [2.24, 2.45) is 5.92 Å². The summed E-state index contributed by atoms with van der Waals surface area (Å²) in [6, 6.07) is 11.2. The second kappa shape index (κ2) is 10.4. The minimum Gasteiger partial charge on any atom is -0.487 e. The molecule has 34 heavy (non-hydrogen) atoms. The Morgan fingerprint density at radius 3 is 2.50 bits per heavy atom. The average Bonchev–Trinajstić information content (AvgIpc) is 3.37. The molecule has 6 nitrogen and oxygen atoms in total. The van der Waals surface area contributed by atoms with E-state index in [1.54, 1.807) is 18.3 Å². The van der Waals surface area contributed by atoms with E-state index in [0.717, 1.165) is 12.8 Å². The van der Waals surface area contributed by atoms with Gasteiger partial charge in [-0.2, -0.15) is 0 Å². The van der Waals surface area contributed by atoms with Gasteiger partial charge in [-0.25, -0.2) is 4.39 Å². The van der Waals surface area contributed by atoms with Crippen LogP contribution in [0, 0.1) is 5.92 Å². The quantitative estimate of drug-likeness (QED) is 0.618. The molecule has 7 heteroatoms. The van der Waals surface area contributed by atoms with Gasteiger partial charge in [0.25, 0.3) is 0 Å². The molecule has 0 bridgehead atoms. The third kappa shape index (κ3) is 6.54. The molecule has 2 aliphatic rings. The summed E-state index contributed by atoms with van der Waals surface area (Å²) in [5.74, 6) is 0.777. The lowest BCUT2D eigenvalue weighted by molar-refractivity contribution is -0.123. The van der Waals surface area contributed by atoms with Crippen LogP contribution in [-0.4, -0.2) is 58.3 Å². The Kier molecular flexibility index (Phi) is 7.53. The van der Waals surface area contributed by atoms with Crippen LogP contribution in [0.5, 0.6) is 5.75 Å². The molecular formula is C27H36FN3O3. The van der Waals surface area contributed by atoms with Gasteiger partial charge in [-0.3, -0.25) is 14.7 Å². The number of fused-ring (bicyclic) bond motifs is 1. The maximum absolute atomic E-state index is 13.8. The second-order valence-electron chi connectivity index (χ2n) is 10.6. The van der Waals surface area contributed by atoms with Gasteiger partial charge in [-0.15, -0.1) is 0 Å². The second-order valence-corrected chi connectivity index (χ2v) is 10.6. The Labute approximate surface area is 201 Å². The smallest absolute Gasteiger partial charge is 0.220 e. The number of hydrogen-bond donors (Lipinski definition) is 2. The van der Waals surface area contributed by atoms with Crippen LogP contribution in [0.25, 0.3) is 0 Å². The molecule has 0 saturated carbocycles. The van der Waals surface area contributed by atoms with Gasteiger partial charge in [0, 0.05) is 26.1 Å². The highest BCUT2D eigenvalue weighted by Crippen LogP contribution is 2.29. The Bertz CT molecular complexity index is 951. The number of benzene rings is 1. The molecule has 0 spiro atoms. The monoisotopic (exact) mass is 469 g/mol. The van der Waals surface area contributed by atoms with Crippen molar-refractivity contribution in [2.75, 3.05) is 19.6 Å². The lowest BCUT2D eigenvalue weighted by Gasteiger charge is -2.29. The highest BCUT2D eigenvalue weighted by atomic mass is 19.1. The van der Waals surface area contributed by atoms with Crippen molar-refractivity contribution in [3.8, 4) is 5.75 Å². The van der Waals surface area contributed by atoms with Gasteiger partial charge >= 0.3 is 0 Å². The molecule has 1 amide bonds. The molecule has 2 heterocycles. The van der Waals surface area contributed by atoms with E-state index in [9.17, 15) is 14.3 Å². The van der Waals surface area contributed by atoms with Gasteiger partial charge in [-0.1, -0.05) is 24.3 Å². The fraction of sp³-hybridized carbons (Fsp3) is 0.556.